The van der Waals surface area contributed by atoms with Crippen molar-refractivity contribution in [1.82, 2.24) is 0 Å². The molecule has 5 aliphatic carbocycles. The van der Waals surface area contributed by atoms with Gasteiger partial charge in [0.05, 0.1) is 53.4 Å². The molecule has 2 spiro atoms. The second-order valence-electron chi connectivity index (χ2n) is 16.2. The molecule has 0 aromatic heterocycles. The summed E-state index contributed by atoms with van der Waals surface area (Å²) in [5.74, 6) is 1.94. The Morgan fingerprint density at radius 1 is 0.895 bits per heavy atom. The number of hydrogen-bond acceptors (Lipinski definition) is 1. The van der Waals surface area contributed by atoms with Gasteiger partial charge in [0, 0.05) is 12.3 Å². The van der Waals surface area contributed by atoms with Crippen LogP contribution in [0.4, 0.5) is 0 Å². The van der Waals surface area contributed by atoms with Crippen molar-refractivity contribution in [3.05, 3.63) is 12.2 Å². The predicted molar refractivity (Wildman–Crippen MR) is 151 cm³/mol. The monoisotopic (exact) mass is 570 g/mol. The summed E-state index contributed by atoms with van der Waals surface area (Å²) < 4.78 is 2.17. The SMILES string of the molecule is C=C1[C@@H]2CC[C@@H]3[C@]4(CC[C@]5(C)[C@@H]([C@H](C)[N+](C)(C)CCC)[C@H](O)C[C@@]35C)C[C@]24CC[C@@H]1[N+](C)(C)CCC.[Cl-].[Cl-]. The van der Waals surface area contributed by atoms with Gasteiger partial charge < -0.3 is 38.9 Å². The van der Waals surface area contributed by atoms with Gasteiger partial charge >= 0.3 is 0 Å². The van der Waals surface area contributed by atoms with Crippen LogP contribution in [0.15, 0.2) is 12.2 Å². The van der Waals surface area contributed by atoms with Crippen molar-refractivity contribution >= 4 is 0 Å². The summed E-state index contributed by atoms with van der Waals surface area (Å²) in [4.78, 5) is 0. The zero-order chi connectivity index (χ0) is 26.5. The van der Waals surface area contributed by atoms with Gasteiger partial charge in [-0.15, -0.1) is 0 Å². The van der Waals surface area contributed by atoms with Crippen molar-refractivity contribution in [1.29, 1.82) is 0 Å². The zero-order valence-electron chi connectivity index (χ0n) is 26.3. The van der Waals surface area contributed by atoms with Gasteiger partial charge in [-0.05, 0) is 104 Å². The first kappa shape index (κ1) is 32.7. The first-order valence-corrected chi connectivity index (χ1v) is 15.7. The first-order valence-electron chi connectivity index (χ1n) is 15.7. The minimum Gasteiger partial charge on any atom is -1.00 e. The van der Waals surface area contributed by atoms with Crippen molar-refractivity contribution < 1.29 is 38.9 Å². The number of hydrogen-bond donors (Lipinski definition) is 1. The Morgan fingerprint density at radius 3 is 2.13 bits per heavy atom. The van der Waals surface area contributed by atoms with E-state index in [2.05, 4.69) is 62.8 Å². The highest BCUT2D eigenvalue weighted by Crippen LogP contribution is 2.88. The average molecular weight is 572 g/mol. The van der Waals surface area contributed by atoms with E-state index in [0.717, 1.165) is 27.2 Å². The van der Waals surface area contributed by atoms with Crippen LogP contribution in [-0.2, 0) is 0 Å². The fraction of sp³-hybridized carbons (Fsp3) is 0.939. The topological polar surface area (TPSA) is 20.2 Å². The molecule has 0 bridgehead atoms. The van der Waals surface area contributed by atoms with Crippen LogP contribution in [0, 0.1) is 39.4 Å². The Hall–Kier alpha value is 0.200. The number of quaternary nitrogens is 2. The van der Waals surface area contributed by atoms with Crippen LogP contribution >= 0.6 is 0 Å². The molecule has 5 heteroatoms. The maximum Gasteiger partial charge on any atom is 0.110 e. The number of fused-ring (bicyclic) bond motifs is 2. The van der Waals surface area contributed by atoms with Crippen LogP contribution in [0.25, 0.3) is 0 Å². The lowest BCUT2D eigenvalue weighted by molar-refractivity contribution is -0.918. The summed E-state index contributed by atoms with van der Waals surface area (Å²) in [6.45, 7) is 19.7. The van der Waals surface area contributed by atoms with Crippen LogP contribution in [0.3, 0.4) is 0 Å². The molecule has 5 fully saturated rings. The Labute approximate surface area is 248 Å². The molecule has 0 amide bonds. The van der Waals surface area contributed by atoms with Crippen LogP contribution in [-0.4, -0.2) is 73.5 Å². The largest absolute Gasteiger partial charge is 1.00 e. The van der Waals surface area contributed by atoms with E-state index < -0.39 is 0 Å². The summed E-state index contributed by atoms with van der Waals surface area (Å²) in [6.07, 6.45) is 13.0. The third kappa shape index (κ3) is 4.05. The van der Waals surface area contributed by atoms with E-state index in [4.69, 9.17) is 6.58 Å². The number of likely N-dealkylation sites (N-methyl/N-ethyl adjacent to an activating group) is 1. The standard InChI is InChI=1S/C33H60N2O.2ClH/c1-11-19-34(7,8)24(4)29-27(36)21-31(6)28-14-13-25-23(3)26(35(9,10)20-12-2)15-16-32(25)22-33(28,32)18-17-30(29,31)5;;/h24-29,36H,3,11-22H2,1-2,4-10H3;2*1H/q+2;;/p-2/t24-,25-,26-,27+,28-,29-,30+,31-,32+,33-;;/m0../s1. The molecule has 222 valence electrons. The predicted octanol–water partition coefficient (Wildman–Crippen LogP) is 0.664. The summed E-state index contributed by atoms with van der Waals surface area (Å²) in [5, 5.41) is 11.8. The van der Waals surface area contributed by atoms with E-state index in [0.29, 0.717) is 28.8 Å². The van der Waals surface area contributed by atoms with Crippen LogP contribution in [0.5, 0.6) is 0 Å². The molecule has 5 aliphatic rings. The second kappa shape index (κ2) is 10.2. The Morgan fingerprint density at radius 2 is 1.53 bits per heavy atom. The van der Waals surface area contributed by atoms with E-state index >= 15 is 0 Å². The van der Waals surface area contributed by atoms with Gasteiger partial charge in [0.15, 0.2) is 0 Å². The quantitative estimate of drug-likeness (QED) is 0.352. The molecule has 1 N–H and O–H groups in total. The number of halogens is 2. The summed E-state index contributed by atoms with van der Waals surface area (Å²) in [5.41, 5.74) is 3.19. The number of rotatable bonds is 7. The van der Waals surface area contributed by atoms with E-state index in [1.165, 1.54) is 70.9 Å². The van der Waals surface area contributed by atoms with Crippen molar-refractivity contribution in [3.8, 4) is 0 Å². The smallest absolute Gasteiger partial charge is 0.110 e. The molecule has 3 nitrogen and oxygen atoms in total. The lowest BCUT2D eigenvalue weighted by Gasteiger charge is -2.62. The fourth-order valence-electron chi connectivity index (χ4n) is 12.3. The molecule has 0 aromatic rings. The number of aliphatic hydroxyl groups excluding tert-OH is 1. The zero-order valence-corrected chi connectivity index (χ0v) is 27.8. The van der Waals surface area contributed by atoms with Crippen molar-refractivity contribution in [2.75, 3.05) is 41.3 Å². The number of aliphatic hydroxyl groups is 1. The molecular weight excluding hydrogens is 511 g/mol. The molecule has 0 aromatic carbocycles. The molecule has 0 radical (unpaired) electrons. The van der Waals surface area contributed by atoms with Gasteiger partial charge in [-0.25, -0.2) is 0 Å². The number of nitrogens with zero attached hydrogens (tertiary/aromatic N) is 2. The second-order valence-corrected chi connectivity index (χ2v) is 16.2. The highest BCUT2D eigenvalue weighted by molar-refractivity contribution is 5.35. The lowest BCUT2D eigenvalue weighted by atomic mass is 9.43. The Kier molecular flexibility index (Phi) is 8.76. The van der Waals surface area contributed by atoms with E-state index in [1.807, 2.05) is 0 Å². The van der Waals surface area contributed by atoms with Crippen LogP contribution in [0.1, 0.15) is 98.8 Å². The maximum absolute atomic E-state index is 11.8. The summed E-state index contributed by atoms with van der Waals surface area (Å²) >= 11 is 0. The van der Waals surface area contributed by atoms with Gasteiger partial charge in [-0.2, -0.15) is 0 Å². The summed E-state index contributed by atoms with van der Waals surface area (Å²) in [6, 6.07) is 1.15. The van der Waals surface area contributed by atoms with Gasteiger partial charge in [-0.1, -0.05) is 34.3 Å². The molecule has 38 heavy (non-hydrogen) atoms. The molecule has 5 rings (SSSR count). The first-order chi connectivity index (χ1) is 16.7. The van der Waals surface area contributed by atoms with Gasteiger partial charge in [0.25, 0.3) is 0 Å². The van der Waals surface area contributed by atoms with Crippen molar-refractivity contribution in [3.63, 3.8) is 0 Å². The molecular formula is C33H60Cl2N2O. The highest BCUT2D eigenvalue weighted by atomic mass is 35.5. The molecule has 0 unspecified atom stereocenters. The Bertz CT molecular complexity index is 905. The minimum absolute atomic E-state index is 0. The van der Waals surface area contributed by atoms with Crippen molar-refractivity contribution in [2.45, 2.75) is 117 Å². The van der Waals surface area contributed by atoms with Gasteiger partial charge in [0.2, 0.25) is 0 Å². The Balaban J connectivity index is 0.00000200. The maximum atomic E-state index is 11.8. The molecule has 10 atom stereocenters. The third-order valence-corrected chi connectivity index (χ3v) is 14.3. The van der Waals surface area contributed by atoms with E-state index in [1.54, 1.807) is 5.57 Å². The molecule has 0 heterocycles. The highest BCUT2D eigenvalue weighted by Gasteiger charge is 2.82. The lowest BCUT2D eigenvalue weighted by Crippen LogP contribution is -3.00. The average Bonchev–Trinajstić information content (AvgIpc) is 3.38. The molecule has 5 saturated carbocycles. The molecule has 0 aliphatic heterocycles. The van der Waals surface area contributed by atoms with Crippen LogP contribution < -0.4 is 24.8 Å². The minimum atomic E-state index is -0.148. The van der Waals surface area contributed by atoms with E-state index in [9.17, 15) is 5.11 Å². The normalized spacial score (nSPS) is 46.5. The van der Waals surface area contributed by atoms with Gasteiger partial charge in [-0.3, -0.25) is 0 Å². The summed E-state index contributed by atoms with van der Waals surface area (Å²) in [7, 11) is 9.73. The molecule has 0 saturated heterocycles. The fourth-order valence-corrected chi connectivity index (χ4v) is 12.3. The van der Waals surface area contributed by atoms with E-state index in [-0.39, 0.29) is 41.7 Å². The third-order valence-electron chi connectivity index (χ3n) is 14.3. The van der Waals surface area contributed by atoms with Crippen molar-refractivity contribution in [2.24, 2.45) is 39.4 Å². The van der Waals surface area contributed by atoms with Gasteiger partial charge in [0.1, 0.15) is 6.04 Å². The van der Waals surface area contributed by atoms with Crippen LogP contribution in [0.2, 0.25) is 0 Å².